The Bertz CT molecular complexity index is 395. The molecule has 25 heavy (non-hydrogen) atoms. The van der Waals surface area contributed by atoms with E-state index >= 15 is 0 Å². The van der Waals surface area contributed by atoms with Crippen LogP contribution in [0, 0.1) is 29.1 Å². The maximum absolute atomic E-state index is 10.3. The fourth-order valence-corrected chi connectivity index (χ4v) is 6.91. The van der Waals surface area contributed by atoms with Gasteiger partial charge in [0.25, 0.3) is 0 Å². The molecule has 2 unspecified atom stereocenters. The summed E-state index contributed by atoms with van der Waals surface area (Å²) in [6.45, 7) is 6.79. The van der Waals surface area contributed by atoms with Crippen LogP contribution in [0.15, 0.2) is 0 Å². The van der Waals surface area contributed by atoms with Crippen molar-refractivity contribution in [1.82, 2.24) is 4.90 Å². The lowest BCUT2D eigenvalue weighted by molar-refractivity contribution is -0.0743. The van der Waals surface area contributed by atoms with E-state index in [-0.39, 0.29) is 18.5 Å². The highest BCUT2D eigenvalue weighted by Crippen LogP contribution is 2.61. The fraction of sp³-hybridized carbons (Fsp3) is 1.00. The molecule has 0 aromatic heterocycles. The number of hydrogen-bond acceptors (Lipinski definition) is 3. The number of rotatable bonds is 7. The molecule has 4 heteroatoms. The van der Waals surface area contributed by atoms with Gasteiger partial charge in [0.05, 0.1) is 12.7 Å². The second kappa shape index (κ2) is 8.46. The average molecular weight is 371 g/mol. The molecular weight excluding hydrogens is 334 g/mol. The predicted molar refractivity (Wildman–Crippen MR) is 96.9 cm³/mol. The fourth-order valence-electron chi connectivity index (χ4n) is 6.91. The van der Waals surface area contributed by atoms with E-state index in [9.17, 15) is 5.11 Å². The summed E-state index contributed by atoms with van der Waals surface area (Å²) >= 11 is 0. The molecule has 0 spiro atoms. The molecule has 1 heterocycles. The van der Waals surface area contributed by atoms with Crippen LogP contribution in [0.4, 0.5) is 0 Å². The minimum atomic E-state index is -0.313. The molecule has 3 nitrogen and oxygen atoms in total. The first-order chi connectivity index (χ1) is 11.6. The van der Waals surface area contributed by atoms with Crippen molar-refractivity contribution in [2.75, 3.05) is 32.8 Å². The minimum absolute atomic E-state index is 0. The van der Waals surface area contributed by atoms with Crippen LogP contribution in [0.2, 0.25) is 0 Å². The van der Waals surface area contributed by atoms with Gasteiger partial charge in [-0.05, 0) is 93.4 Å². The molecule has 4 saturated carbocycles. The van der Waals surface area contributed by atoms with Gasteiger partial charge in [0.2, 0.25) is 0 Å². The van der Waals surface area contributed by atoms with E-state index in [1.807, 2.05) is 0 Å². The molecule has 1 aliphatic heterocycles. The van der Waals surface area contributed by atoms with Crippen molar-refractivity contribution >= 4 is 0 Å². The highest BCUT2D eigenvalue weighted by atomic mass is 35.5. The number of likely N-dealkylation sites (tertiary alicyclic amines) is 1. The van der Waals surface area contributed by atoms with Crippen LogP contribution >= 0.6 is 0 Å². The lowest BCUT2D eigenvalue weighted by atomic mass is 9.49. The van der Waals surface area contributed by atoms with E-state index < -0.39 is 0 Å². The summed E-state index contributed by atoms with van der Waals surface area (Å²) in [5, 5.41) is 10.3. The van der Waals surface area contributed by atoms with Crippen molar-refractivity contribution in [3.8, 4) is 0 Å². The van der Waals surface area contributed by atoms with Gasteiger partial charge in [0.1, 0.15) is 0 Å². The van der Waals surface area contributed by atoms with Crippen LogP contribution in [-0.2, 0) is 4.74 Å². The highest BCUT2D eigenvalue weighted by Gasteiger charge is 2.50. The Morgan fingerprint density at radius 2 is 1.76 bits per heavy atom. The Hall–Kier alpha value is 0.170. The molecule has 0 aromatic rings. The monoisotopic (exact) mass is 370 g/mol. The van der Waals surface area contributed by atoms with Crippen molar-refractivity contribution in [1.29, 1.82) is 0 Å². The molecule has 0 aromatic carbocycles. The molecule has 4 aliphatic carbocycles. The number of aliphatic hydroxyl groups excluding tert-OH is 1. The lowest BCUT2D eigenvalue weighted by Gasteiger charge is -2.57. The zero-order chi connectivity index (χ0) is 16.6. The summed E-state index contributed by atoms with van der Waals surface area (Å²) in [4.78, 5) is 2.42. The van der Waals surface area contributed by atoms with E-state index in [1.54, 1.807) is 0 Å². The summed E-state index contributed by atoms with van der Waals surface area (Å²) in [5.74, 6) is 3.87. The molecule has 2 atom stereocenters. The normalized spacial score (nSPS) is 41.5. The number of halogens is 1. The maximum atomic E-state index is 10.3. The second-order valence-corrected chi connectivity index (χ2v) is 9.90. The van der Waals surface area contributed by atoms with Crippen LogP contribution in [0.5, 0.6) is 0 Å². The SMILES string of the molecule is CC1CCCN(CC(O)COCCC23CC4CC(CC(C4)C2)C3)C1.[Cl-]. The van der Waals surface area contributed by atoms with Crippen LogP contribution in [-0.4, -0.2) is 49.0 Å². The summed E-state index contributed by atoms with van der Waals surface area (Å²) in [5.41, 5.74) is 0.613. The van der Waals surface area contributed by atoms with E-state index in [1.165, 1.54) is 57.8 Å². The number of aliphatic hydroxyl groups is 1. The maximum Gasteiger partial charge on any atom is 0.0900 e. The van der Waals surface area contributed by atoms with Crippen molar-refractivity contribution in [2.45, 2.75) is 70.8 Å². The lowest BCUT2D eigenvalue weighted by Crippen LogP contribution is -3.00. The van der Waals surface area contributed by atoms with Crippen LogP contribution in [0.1, 0.15) is 64.7 Å². The first-order valence-electron chi connectivity index (χ1n) is 10.6. The first kappa shape index (κ1) is 19.9. The molecular formula is C21H37ClNO2-. The molecule has 146 valence electrons. The molecule has 5 rings (SSSR count). The molecule has 4 bridgehead atoms. The summed E-state index contributed by atoms with van der Waals surface area (Å²) in [6.07, 6.45) is 12.5. The first-order valence-corrected chi connectivity index (χ1v) is 10.6. The predicted octanol–water partition coefficient (Wildman–Crippen LogP) is 0.706. The Kier molecular flexibility index (Phi) is 6.74. The van der Waals surface area contributed by atoms with Crippen molar-refractivity contribution < 1.29 is 22.3 Å². The Labute approximate surface area is 160 Å². The molecule has 1 N–H and O–H groups in total. The summed E-state index contributed by atoms with van der Waals surface area (Å²) < 4.78 is 5.93. The largest absolute Gasteiger partial charge is 1.00 e. The number of hydrogen-bond donors (Lipinski definition) is 1. The molecule has 1 saturated heterocycles. The second-order valence-electron chi connectivity index (χ2n) is 9.90. The summed E-state index contributed by atoms with van der Waals surface area (Å²) in [7, 11) is 0. The molecule has 5 aliphatic rings. The van der Waals surface area contributed by atoms with Gasteiger partial charge < -0.3 is 27.2 Å². The third-order valence-electron chi connectivity index (χ3n) is 7.46. The Balaban J connectivity index is 0.00000182. The van der Waals surface area contributed by atoms with Crippen molar-refractivity contribution in [2.24, 2.45) is 29.1 Å². The summed E-state index contributed by atoms with van der Waals surface area (Å²) in [6, 6.07) is 0. The third kappa shape index (κ3) is 4.91. The minimum Gasteiger partial charge on any atom is -1.00 e. The Morgan fingerprint density at radius 3 is 2.36 bits per heavy atom. The van der Waals surface area contributed by atoms with Gasteiger partial charge in [-0.3, -0.25) is 0 Å². The molecule has 0 amide bonds. The van der Waals surface area contributed by atoms with E-state index in [2.05, 4.69) is 11.8 Å². The van der Waals surface area contributed by atoms with Crippen LogP contribution < -0.4 is 12.4 Å². The van der Waals surface area contributed by atoms with E-state index in [0.717, 1.165) is 49.9 Å². The van der Waals surface area contributed by atoms with Gasteiger partial charge in [-0.2, -0.15) is 0 Å². The van der Waals surface area contributed by atoms with Crippen molar-refractivity contribution in [3.05, 3.63) is 0 Å². The standard InChI is InChI=1S/C21H37NO2.ClH/c1-16-3-2-5-22(13-16)14-20(23)15-24-6-4-21-10-17-7-18(11-21)9-19(8-17)12-21;/h16-20,23H,2-15H2,1H3;1H/p-1. The van der Waals surface area contributed by atoms with Crippen LogP contribution in [0.3, 0.4) is 0 Å². The smallest absolute Gasteiger partial charge is 0.0900 e. The number of nitrogens with zero attached hydrogens (tertiary/aromatic N) is 1. The van der Waals surface area contributed by atoms with Crippen molar-refractivity contribution in [3.63, 3.8) is 0 Å². The van der Waals surface area contributed by atoms with Gasteiger partial charge in [-0.15, -0.1) is 0 Å². The molecule has 0 radical (unpaired) electrons. The average Bonchev–Trinajstić information content (AvgIpc) is 2.50. The van der Waals surface area contributed by atoms with Gasteiger partial charge in [-0.25, -0.2) is 0 Å². The van der Waals surface area contributed by atoms with E-state index in [4.69, 9.17) is 4.74 Å². The number of piperidine rings is 1. The Morgan fingerprint density at radius 1 is 1.12 bits per heavy atom. The van der Waals surface area contributed by atoms with Gasteiger partial charge in [-0.1, -0.05) is 6.92 Å². The topological polar surface area (TPSA) is 32.7 Å². The number of β-amino-alcohol motifs (C(OH)–C–C–N with tert-alkyl or cyclic N) is 1. The zero-order valence-electron chi connectivity index (χ0n) is 16.0. The van der Waals surface area contributed by atoms with Gasteiger partial charge in [0.15, 0.2) is 0 Å². The number of ether oxygens (including phenoxy) is 1. The highest BCUT2D eigenvalue weighted by molar-refractivity contribution is 5.01. The third-order valence-corrected chi connectivity index (χ3v) is 7.46. The van der Waals surface area contributed by atoms with Gasteiger partial charge in [0, 0.05) is 19.7 Å². The quantitative estimate of drug-likeness (QED) is 0.670. The molecule has 5 fully saturated rings. The van der Waals surface area contributed by atoms with Gasteiger partial charge >= 0.3 is 0 Å². The van der Waals surface area contributed by atoms with E-state index in [0.29, 0.717) is 12.0 Å². The van der Waals surface area contributed by atoms with Crippen LogP contribution in [0.25, 0.3) is 0 Å². The zero-order valence-corrected chi connectivity index (χ0v) is 16.7.